The van der Waals surface area contributed by atoms with E-state index < -0.39 is 5.82 Å². The Bertz CT molecular complexity index is 1550. The molecule has 8 heteroatoms. The Kier molecular flexibility index (Phi) is 4.88. The molecule has 2 saturated carbocycles. The first-order valence-corrected chi connectivity index (χ1v) is 11.8. The summed E-state index contributed by atoms with van der Waals surface area (Å²) in [5, 5.41) is 1.53. The van der Waals surface area contributed by atoms with E-state index >= 15 is 0 Å². The van der Waals surface area contributed by atoms with E-state index in [1.807, 2.05) is 24.2 Å². The van der Waals surface area contributed by atoms with Crippen molar-refractivity contribution in [1.29, 1.82) is 0 Å². The molecule has 6 rings (SSSR count). The zero-order chi connectivity index (χ0) is 24.4. The Morgan fingerprint density at radius 3 is 2.20 bits per heavy atom. The fourth-order valence-electron chi connectivity index (χ4n) is 5.01. The van der Waals surface area contributed by atoms with Crippen molar-refractivity contribution >= 4 is 27.6 Å². The van der Waals surface area contributed by atoms with Crippen LogP contribution >= 0.6 is 0 Å². The van der Waals surface area contributed by atoms with Crippen LogP contribution in [0.2, 0.25) is 0 Å². The molecule has 1 amide bonds. The van der Waals surface area contributed by atoms with E-state index in [9.17, 15) is 14.0 Å². The van der Waals surface area contributed by atoms with E-state index in [4.69, 9.17) is 9.47 Å². The van der Waals surface area contributed by atoms with E-state index in [-0.39, 0.29) is 23.6 Å². The van der Waals surface area contributed by atoms with Crippen LogP contribution in [0, 0.1) is 5.82 Å². The molecule has 0 unspecified atom stereocenters. The van der Waals surface area contributed by atoms with Gasteiger partial charge in [-0.2, -0.15) is 0 Å². The summed E-state index contributed by atoms with van der Waals surface area (Å²) < 4.78 is 28.8. The van der Waals surface area contributed by atoms with Gasteiger partial charge in [-0.25, -0.2) is 4.39 Å². The third-order valence-electron chi connectivity index (χ3n) is 7.07. The minimum absolute atomic E-state index is 0.110. The number of amides is 1. The lowest BCUT2D eigenvalue weighted by atomic mass is 10.0. The van der Waals surface area contributed by atoms with Crippen molar-refractivity contribution in [3.8, 4) is 17.2 Å². The number of nitrogens with zero attached hydrogens (tertiary/aromatic N) is 3. The van der Waals surface area contributed by atoms with Gasteiger partial charge < -0.3 is 18.9 Å². The molecule has 0 saturated heterocycles. The molecular formula is C27H26FN3O4. The molecular weight excluding hydrogens is 449 g/mol. The zero-order valence-electron chi connectivity index (χ0n) is 19.9. The smallest absolute Gasteiger partial charge is 0.263 e. The number of rotatable bonds is 6. The summed E-state index contributed by atoms with van der Waals surface area (Å²) in [4.78, 5) is 29.7. The number of hydrogen-bond acceptors (Lipinski definition) is 4. The van der Waals surface area contributed by atoms with Crippen molar-refractivity contribution < 1.29 is 18.7 Å². The second-order valence-corrected chi connectivity index (χ2v) is 9.43. The van der Waals surface area contributed by atoms with Gasteiger partial charge in [-0.15, -0.1) is 0 Å². The summed E-state index contributed by atoms with van der Waals surface area (Å²) in [6.07, 6.45) is 7.35. The highest BCUT2D eigenvalue weighted by atomic mass is 19.1. The minimum atomic E-state index is -0.459. The van der Waals surface area contributed by atoms with Crippen LogP contribution < -0.4 is 15.0 Å². The van der Waals surface area contributed by atoms with Gasteiger partial charge in [0.15, 0.2) is 11.5 Å². The molecule has 7 nitrogen and oxygen atoms in total. The topological polar surface area (TPSA) is 65.7 Å². The van der Waals surface area contributed by atoms with E-state index in [0.29, 0.717) is 39.0 Å². The molecule has 0 bridgehead atoms. The molecule has 0 spiro atoms. The molecule has 2 heterocycles. The van der Waals surface area contributed by atoms with Crippen molar-refractivity contribution in [2.45, 2.75) is 37.8 Å². The van der Waals surface area contributed by atoms with Gasteiger partial charge in [0.1, 0.15) is 5.82 Å². The van der Waals surface area contributed by atoms with Gasteiger partial charge in [0.2, 0.25) is 0 Å². The lowest BCUT2D eigenvalue weighted by Crippen LogP contribution is -2.36. The molecule has 2 aliphatic carbocycles. The van der Waals surface area contributed by atoms with Gasteiger partial charge in [-0.1, -0.05) is 0 Å². The number of carbonyl (C=O) groups is 1. The number of carbonyl (C=O) groups excluding carboxylic acids is 1. The van der Waals surface area contributed by atoms with Crippen LogP contribution in [0.3, 0.4) is 0 Å². The molecule has 4 aromatic rings. The monoisotopic (exact) mass is 475 g/mol. The molecule has 0 radical (unpaired) electrons. The quantitative estimate of drug-likeness (QED) is 0.415. The zero-order valence-corrected chi connectivity index (χ0v) is 19.9. The van der Waals surface area contributed by atoms with Gasteiger partial charge in [0.05, 0.1) is 36.4 Å². The van der Waals surface area contributed by atoms with E-state index in [0.717, 1.165) is 31.1 Å². The predicted octanol–water partition coefficient (Wildman–Crippen LogP) is 4.41. The number of methoxy groups -OCH3 is 2. The Labute approximate surface area is 201 Å². The fraction of sp³-hybridized carbons (Fsp3) is 0.333. The third-order valence-corrected chi connectivity index (χ3v) is 7.07. The number of pyridine rings is 1. The van der Waals surface area contributed by atoms with Crippen LogP contribution in [0.25, 0.3) is 27.4 Å². The normalized spacial score (nSPS) is 15.5. The molecule has 2 fully saturated rings. The number of halogens is 1. The largest absolute Gasteiger partial charge is 0.493 e. The van der Waals surface area contributed by atoms with Gasteiger partial charge in [0, 0.05) is 42.3 Å². The van der Waals surface area contributed by atoms with Gasteiger partial charge in [0.25, 0.3) is 11.5 Å². The van der Waals surface area contributed by atoms with Gasteiger partial charge in [-0.3, -0.25) is 14.2 Å². The van der Waals surface area contributed by atoms with E-state index in [1.54, 1.807) is 22.9 Å². The summed E-state index contributed by atoms with van der Waals surface area (Å²) in [5.74, 6) is 0.256. The van der Waals surface area contributed by atoms with E-state index in [1.165, 1.54) is 30.9 Å². The Morgan fingerprint density at radius 1 is 0.971 bits per heavy atom. The number of aryl methyl sites for hydroxylation is 1. The van der Waals surface area contributed by atoms with Crippen LogP contribution in [0.15, 0.2) is 47.5 Å². The first-order valence-electron chi connectivity index (χ1n) is 11.8. The third kappa shape index (κ3) is 3.47. The van der Waals surface area contributed by atoms with Crippen LogP contribution in [0.4, 0.5) is 4.39 Å². The molecule has 0 aliphatic heterocycles. The molecule has 0 atom stereocenters. The van der Waals surface area contributed by atoms with Crippen molar-refractivity contribution in [3.05, 3.63) is 64.5 Å². The number of benzene rings is 2. The molecule has 2 aromatic carbocycles. The lowest BCUT2D eigenvalue weighted by molar-refractivity contribution is 0.0731. The summed E-state index contributed by atoms with van der Waals surface area (Å²) in [6.45, 7) is 0. The maximum atomic E-state index is 14.7. The minimum Gasteiger partial charge on any atom is -0.493 e. The highest BCUT2D eigenvalue weighted by Gasteiger charge is 2.43. The number of fused-ring (bicyclic) bond motifs is 2. The van der Waals surface area contributed by atoms with Crippen molar-refractivity contribution in [2.24, 2.45) is 7.05 Å². The standard InChI is InChI=1S/C27H26FN3O4/c1-29-9-8-18-22(29)10-15(28)11-23(18)30-14-21(27(33)31(16-4-5-16)17-6-7-17)19-12-24(34-2)25(35-3)13-20(19)26(30)32/h8-14,16-17H,4-7H2,1-3H3. The maximum absolute atomic E-state index is 14.7. The second-order valence-electron chi connectivity index (χ2n) is 9.43. The molecule has 0 N–H and O–H groups in total. The lowest BCUT2D eigenvalue weighted by Gasteiger charge is -2.24. The van der Waals surface area contributed by atoms with Gasteiger partial charge >= 0.3 is 0 Å². The summed E-state index contributed by atoms with van der Waals surface area (Å²) in [6, 6.07) is 8.38. The van der Waals surface area contributed by atoms with E-state index in [2.05, 4.69) is 0 Å². The second kappa shape index (κ2) is 7.86. The van der Waals surface area contributed by atoms with Crippen molar-refractivity contribution in [2.75, 3.05) is 14.2 Å². The Hall–Kier alpha value is -3.81. The highest BCUT2D eigenvalue weighted by molar-refractivity contribution is 6.08. The predicted molar refractivity (Wildman–Crippen MR) is 131 cm³/mol. The number of hydrogen-bond donors (Lipinski definition) is 0. The van der Waals surface area contributed by atoms with Crippen LogP contribution in [0.5, 0.6) is 11.5 Å². The molecule has 2 aromatic heterocycles. The van der Waals surface area contributed by atoms with Crippen LogP contribution in [-0.2, 0) is 7.05 Å². The van der Waals surface area contributed by atoms with Gasteiger partial charge in [-0.05, 0) is 56.0 Å². The van der Waals surface area contributed by atoms with Crippen molar-refractivity contribution in [3.63, 3.8) is 0 Å². The van der Waals surface area contributed by atoms with Crippen molar-refractivity contribution in [1.82, 2.24) is 14.0 Å². The fourth-order valence-corrected chi connectivity index (χ4v) is 5.01. The molecule has 35 heavy (non-hydrogen) atoms. The highest BCUT2D eigenvalue weighted by Crippen LogP contribution is 2.40. The maximum Gasteiger partial charge on any atom is 0.263 e. The van der Waals surface area contributed by atoms with Crippen LogP contribution in [0.1, 0.15) is 36.0 Å². The number of aromatic nitrogens is 2. The molecule has 2 aliphatic rings. The SMILES string of the molecule is COc1cc2c(C(=O)N(C3CC3)C3CC3)cn(-c3cc(F)cc4c3ccn4C)c(=O)c2cc1OC. The summed E-state index contributed by atoms with van der Waals surface area (Å²) in [5.41, 5.74) is 1.08. The summed E-state index contributed by atoms with van der Waals surface area (Å²) >= 11 is 0. The first kappa shape index (κ1) is 21.7. The average Bonchev–Trinajstić information content (AvgIpc) is 3.79. The Balaban J connectivity index is 1.67. The molecule has 180 valence electrons. The number of ether oxygens (including phenoxy) is 2. The summed E-state index contributed by atoms with van der Waals surface area (Å²) in [7, 11) is 4.84. The first-order chi connectivity index (χ1) is 16.9. The van der Waals surface area contributed by atoms with Crippen LogP contribution in [-0.4, -0.2) is 46.2 Å². The average molecular weight is 476 g/mol. The Morgan fingerprint density at radius 2 is 1.60 bits per heavy atom.